The smallest absolute Gasteiger partial charge is 0.0576 e. The second-order valence-corrected chi connectivity index (χ2v) is 12.6. The van der Waals surface area contributed by atoms with Crippen molar-refractivity contribution in [2.24, 2.45) is 57.4 Å². The molecule has 2 heteroatoms. The van der Waals surface area contributed by atoms with Gasteiger partial charge in [0.1, 0.15) is 0 Å². The van der Waals surface area contributed by atoms with Crippen LogP contribution in [0, 0.1) is 52.3 Å². The molecule has 0 saturated heterocycles. The number of rotatable bonds is 5. The van der Waals surface area contributed by atoms with Crippen molar-refractivity contribution in [3.63, 3.8) is 0 Å². The third-order valence-electron chi connectivity index (χ3n) is 10.8. The molecule has 0 aliphatic heterocycles. The molecule has 8 atom stereocenters. The second-order valence-electron chi connectivity index (χ2n) is 12.6. The SMILES string of the molecule is CC(C)CCC[C@@H](C)[C@H]1CC[C@H]2[C@@H]3CCC4CC/C(=N\O)C[C@]4(C)[C@H]3CC[C@]12C. The maximum atomic E-state index is 9.47. The Balaban J connectivity index is 1.48. The quantitative estimate of drug-likeness (QED) is 0.368. The van der Waals surface area contributed by atoms with Crippen molar-refractivity contribution in [3.8, 4) is 0 Å². The second kappa shape index (κ2) is 8.19. The Morgan fingerprint density at radius 2 is 1.69 bits per heavy atom. The van der Waals surface area contributed by atoms with Gasteiger partial charge in [-0.05, 0) is 110 Å². The van der Waals surface area contributed by atoms with Crippen molar-refractivity contribution in [2.45, 2.75) is 112 Å². The van der Waals surface area contributed by atoms with E-state index in [-0.39, 0.29) is 0 Å². The molecule has 4 saturated carbocycles. The molecule has 2 nitrogen and oxygen atoms in total. The highest BCUT2D eigenvalue weighted by Crippen LogP contribution is 2.68. The summed E-state index contributed by atoms with van der Waals surface area (Å²) >= 11 is 0. The molecule has 1 N–H and O–H groups in total. The monoisotopic (exact) mass is 401 g/mol. The summed E-state index contributed by atoms with van der Waals surface area (Å²) in [4.78, 5) is 0. The van der Waals surface area contributed by atoms with E-state index < -0.39 is 0 Å². The molecule has 4 rings (SSSR count). The van der Waals surface area contributed by atoms with Crippen LogP contribution in [0.25, 0.3) is 0 Å². The van der Waals surface area contributed by atoms with E-state index in [0.717, 1.165) is 60.0 Å². The van der Waals surface area contributed by atoms with Gasteiger partial charge in [0, 0.05) is 0 Å². The van der Waals surface area contributed by atoms with Crippen molar-refractivity contribution in [1.29, 1.82) is 0 Å². The predicted molar refractivity (Wildman–Crippen MR) is 122 cm³/mol. The Morgan fingerprint density at radius 3 is 2.41 bits per heavy atom. The summed E-state index contributed by atoms with van der Waals surface area (Å²) in [7, 11) is 0. The Hall–Kier alpha value is -0.530. The van der Waals surface area contributed by atoms with E-state index in [4.69, 9.17) is 0 Å². The Labute approximate surface area is 180 Å². The molecule has 0 radical (unpaired) electrons. The largest absolute Gasteiger partial charge is 0.411 e. The first-order valence-electron chi connectivity index (χ1n) is 13.0. The maximum Gasteiger partial charge on any atom is 0.0576 e. The first kappa shape index (κ1) is 21.7. The van der Waals surface area contributed by atoms with E-state index in [1.54, 1.807) is 0 Å². The topological polar surface area (TPSA) is 32.6 Å². The zero-order valence-corrected chi connectivity index (χ0v) is 19.9. The zero-order chi connectivity index (χ0) is 20.8. The van der Waals surface area contributed by atoms with Gasteiger partial charge in [0.2, 0.25) is 0 Å². The van der Waals surface area contributed by atoms with Gasteiger partial charge in [0.05, 0.1) is 5.71 Å². The van der Waals surface area contributed by atoms with Gasteiger partial charge in [-0.3, -0.25) is 0 Å². The highest BCUT2D eigenvalue weighted by molar-refractivity contribution is 5.85. The molecule has 0 heterocycles. The lowest BCUT2D eigenvalue weighted by Gasteiger charge is -2.60. The molecular weight excluding hydrogens is 354 g/mol. The summed E-state index contributed by atoms with van der Waals surface area (Å²) in [5.74, 6) is 6.32. The summed E-state index contributed by atoms with van der Waals surface area (Å²) in [6.45, 7) is 12.6. The van der Waals surface area contributed by atoms with E-state index in [9.17, 15) is 5.21 Å². The number of fused-ring (bicyclic) bond motifs is 5. The van der Waals surface area contributed by atoms with Crippen LogP contribution in [0.4, 0.5) is 0 Å². The fourth-order valence-electron chi connectivity index (χ4n) is 9.26. The molecule has 0 spiro atoms. The van der Waals surface area contributed by atoms with Crippen LogP contribution in [-0.2, 0) is 0 Å². The van der Waals surface area contributed by atoms with Gasteiger partial charge >= 0.3 is 0 Å². The molecule has 0 aromatic heterocycles. The van der Waals surface area contributed by atoms with E-state index in [1.165, 1.54) is 64.2 Å². The number of hydrogen-bond acceptors (Lipinski definition) is 2. The molecule has 0 aromatic carbocycles. The van der Waals surface area contributed by atoms with E-state index in [1.807, 2.05) is 0 Å². The van der Waals surface area contributed by atoms with Gasteiger partial charge in [-0.2, -0.15) is 0 Å². The van der Waals surface area contributed by atoms with Crippen LogP contribution in [0.2, 0.25) is 0 Å². The number of oxime groups is 1. The average molecular weight is 402 g/mol. The van der Waals surface area contributed by atoms with E-state index >= 15 is 0 Å². The van der Waals surface area contributed by atoms with Crippen molar-refractivity contribution < 1.29 is 5.21 Å². The van der Waals surface area contributed by atoms with Gasteiger partial charge in [0.15, 0.2) is 0 Å². The molecule has 0 amide bonds. The van der Waals surface area contributed by atoms with Crippen LogP contribution < -0.4 is 0 Å². The normalized spacial score (nSPS) is 47.0. The van der Waals surface area contributed by atoms with Crippen LogP contribution in [0.3, 0.4) is 0 Å². The van der Waals surface area contributed by atoms with Crippen molar-refractivity contribution in [3.05, 3.63) is 0 Å². The average Bonchev–Trinajstić information content (AvgIpc) is 3.04. The number of hydrogen-bond donors (Lipinski definition) is 1. The first-order valence-corrected chi connectivity index (χ1v) is 13.0. The molecule has 0 aromatic rings. The Kier molecular flexibility index (Phi) is 6.13. The molecule has 166 valence electrons. The maximum absolute atomic E-state index is 9.47. The summed E-state index contributed by atoms with van der Waals surface area (Å²) < 4.78 is 0. The lowest BCUT2D eigenvalue weighted by molar-refractivity contribution is -0.102. The highest BCUT2D eigenvalue weighted by Gasteiger charge is 2.60. The van der Waals surface area contributed by atoms with Crippen LogP contribution in [0.5, 0.6) is 0 Å². The molecular formula is C27H47NO. The Morgan fingerprint density at radius 1 is 0.931 bits per heavy atom. The van der Waals surface area contributed by atoms with Crippen LogP contribution in [-0.4, -0.2) is 10.9 Å². The van der Waals surface area contributed by atoms with Crippen LogP contribution >= 0.6 is 0 Å². The van der Waals surface area contributed by atoms with Gasteiger partial charge in [0.25, 0.3) is 0 Å². The minimum absolute atomic E-state index is 0.394. The Bertz CT molecular complexity index is 612. The van der Waals surface area contributed by atoms with E-state index in [2.05, 4.69) is 39.8 Å². The van der Waals surface area contributed by atoms with Crippen LogP contribution in [0.15, 0.2) is 5.16 Å². The molecule has 4 fully saturated rings. The molecule has 29 heavy (non-hydrogen) atoms. The van der Waals surface area contributed by atoms with E-state index in [0.29, 0.717) is 10.8 Å². The molecule has 1 unspecified atom stereocenters. The fraction of sp³-hybridized carbons (Fsp3) is 0.963. The van der Waals surface area contributed by atoms with Gasteiger partial charge < -0.3 is 5.21 Å². The molecule has 0 bridgehead atoms. The minimum atomic E-state index is 0.394. The number of nitrogens with zero attached hydrogens (tertiary/aromatic N) is 1. The lowest BCUT2D eigenvalue weighted by atomic mass is 9.44. The van der Waals surface area contributed by atoms with Crippen molar-refractivity contribution in [2.75, 3.05) is 0 Å². The first-order chi connectivity index (χ1) is 13.8. The summed E-state index contributed by atoms with van der Waals surface area (Å²) in [5, 5.41) is 13.2. The third-order valence-corrected chi connectivity index (χ3v) is 10.8. The fourth-order valence-corrected chi connectivity index (χ4v) is 9.26. The van der Waals surface area contributed by atoms with Crippen LogP contribution in [0.1, 0.15) is 112 Å². The third kappa shape index (κ3) is 3.69. The summed E-state index contributed by atoms with van der Waals surface area (Å²) in [6, 6.07) is 0. The minimum Gasteiger partial charge on any atom is -0.411 e. The standard InChI is InChI=1S/C27H47NO/c1-18(2)7-6-8-19(3)23-13-14-24-22-12-10-20-9-11-21(28-29)17-27(20,5)25(22)15-16-26(23,24)4/h18-20,22-25,29H,6-17H2,1-5H3/b28-21+/t19-,20?,22+,23-,24+,25+,26-,27+/m1/s1. The summed E-state index contributed by atoms with van der Waals surface area (Å²) in [5.41, 5.74) is 2.07. The van der Waals surface area contributed by atoms with Gasteiger partial charge in [-0.25, -0.2) is 0 Å². The lowest BCUT2D eigenvalue weighted by Crippen LogP contribution is -2.54. The van der Waals surface area contributed by atoms with Gasteiger partial charge in [-0.15, -0.1) is 0 Å². The highest BCUT2D eigenvalue weighted by atomic mass is 16.4. The zero-order valence-electron chi connectivity index (χ0n) is 19.9. The predicted octanol–water partition coefficient (Wildman–Crippen LogP) is 7.94. The van der Waals surface area contributed by atoms with Gasteiger partial charge in [-0.1, -0.05) is 59.0 Å². The summed E-state index contributed by atoms with van der Waals surface area (Å²) in [6.07, 6.45) is 16.4. The van der Waals surface area contributed by atoms with Crippen molar-refractivity contribution >= 4 is 5.71 Å². The molecule has 4 aliphatic rings. The van der Waals surface area contributed by atoms with Crippen molar-refractivity contribution in [1.82, 2.24) is 0 Å². The molecule has 4 aliphatic carbocycles.